The first-order chi connectivity index (χ1) is 11.5. The minimum Gasteiger partial charge on any atom is -0.339 e. The summed E-state index contributed by atoms with van der Waals surface area (Å²) in [5.74, 6) is 0.236. The number of hydrogen-bond donors (Lipinski definition) is 1. The van der Waals surface area contributed by atoms with Crippen LogP contribution < -0.4 is 5.32 Å². The second kappa shape index (κ2) is 7.34. The van der Waals surface area contributed by atoms with Crippen LogP contribution >= 0.6 is 0 Å². The van der Waals surface area contributed by atoms with Gasteiger partial charge in [0.05, 0.1) is 5.92 Å². The summed E-state index contributed by atoms with van der Waals surface area (Å²) in [4.78, 5) is 29.0. The third-order valence-corrected chi connectivity index (χ3v) is 5.12. The summed E-state index contributed by atoms with van der Waals surface area (Å²) in [7, 11) is 2.06. The van der Waals surface area contributed by atoms with Crippen LogP contribution in [0, 0.1) is 12.8 Å². The van der Waals surface area contributed by atoms with Crippen molar-refractivity contribution in [3.63, 3.8) is 0 Å². The van der Waals surface area contributed by atoms with Gasteiger partial charge in [0.25, 0.3) is 5.91 Å². The Labute approximate surface area is 144 Å². The monoisotopic (exact) mass is 329 g/mol. The topological polar surface area (TPSA) is 52.7 Å². The maximum atomic E-state index is 12.5. The molecule has 0 aliphatic carbocycles. The highest BCUT2D eigenvalue weighted by atomic mass is 16.2. The standard InChI is InChI=1S/C19H27N3O2/c1-14-12-15(19(24)22-10-3-4-11-22)7-8-17(14)20-18(23)16-6-5-9-21(2)13-16/h7-8,12,16H,3-6,9-11,13H2,1-2H3,(H,20,23). The van der Waals surface area contributed by atoms with Gasteiger partial charge < -0.3 is 15.1 Å². The number of nitrogens with zero attached hydrogens (tertiary/aromatic N) is 2. The van der Waals surface area contributed by atoms with Crippen LogP contribution in [0.15, 0.2) is 18.2 Å². The summed E-state index contributed by atoms with van der Waals surface area (Å²) in [5.41, 5.74) is 2.47. The van der Waals surface area contributed by atoms with E-state index < -0.39 is 0 Å². The number of amides is 2. The molecule has 2 amide bonds. The molecule has 3 rings (SSSR count). The first-order valence-corrected chi connectivity index (χ1v) is 8.94. The number of piperidine rings is 1. The van der Waals surface area contributed by atoms with E-state index in [2.05, 4.69) is 17.3 Å². The molecule has 1 aromatic rings. The van der Waals surface area contributed by atoms with Gasteiger partial charge in [0.15, 0.2) is 0 Å². The molecular formula is C19H27N3O2. The van der Waals surface area contributed by atoms with Gasteiger partial charge in [-0.3, -0.25) is 9.59 Å². The molecule has 130 valence electrons. The zero-order valence-corrected chi connectivity index (χ0v) is 14.7. The molecule has 2 saturated heterocycles. The summed E-state index contributed by atoms with van der Waals surface area (Å²) >= 11 is 0. The van der Waals surface area contributed by atoms with E-state index in [4.69, 9.17) is 0 Å². The Bertz CT molecular complexity index is 623. The van der Waals surface area contributed by atoms with Gasteiger partial charge in [-0.05, 0) is 70.0 Å². The van der Waals surface area contributed by atoms with E-state index in [0.717, 1.165) is 63.1 Å². The number of carbonyl (C=O) groups is 2. The SMILES string of the molecule is Cc1cc(C(=O)N2CCCC2)ccc1NC(=O)C1CCCN(C)C1. The van der Waals surface area contributed by atoms with Gasteiger partial charge in [0.2, 0.25) is 5.91 Å². The van der Waals surface area contributed by atoms with Crippen molar-refractivity contribution in [2.24, 2.45) is 5.92 Å². The van der Waals surface area contributed by atoms with Crippen LogP contribution in [0.25, 0.3) is 0 Å². The van der Waals surface area contributed by atoms with Crippen LogP contribution in [0.1, 0.15) is 41.6 Å². The quantitative estimate of drug-likeness (QED) is 0.927. The van der Waals surface area contributed by atoms with Gasteiger partial charge in [-0.1, -0.05) is 0 Å². The summed E-state index contributed by atoms with van der Waals surface area (Å²) in [6, 6.07) is 5.59. The number of aryl methyl sites for hydroxylation is 1. The molecule has 1 atom stereocenters. The van der Waals surface area contributed by atoms with Crippen molar-refractivity contribution in [3.8, 4) is 0 Å². The third-order valence-electron chi connectivity index (χ3n) is 5.12. The van der Waals surface area contributed by atoms with Gasteiger partial charge in [-0.25, -0.2) is 0 Å². The fraction of sp³-hybridized carbons (Fsp3) is 0.579. The average molecular weight is 329 g/mol. The van der Waals surface area contributed by atoms with E-state index in [-0.39, 0.29) is 17.7 Å². The number of hydrogen-bond acceptors (Lipinski definition) is 3. The second-order valence-electron chi connectivity index (χ2n) is 7.12. The van der Waals surface area contributed by atoms with Crippen molar-refractivity contribution in [2.45, 2.75) is 32.6 Å². The fourth-order valence-corrected chi connectivity index (χ4v) is 3.65. The molecule has 24 heavy (non-hydrogen) atoms. The molecule has 0 aromatic heterocycles. The van der Waals surface area contributed by atoms with E-state index in [1.807, 2.05) is 30.0 Å². The normalized spacial score (nSPS) is 21.8. The zero-order valence-electron chi connectivity index (χ0n) is 14.7. The molecule has 2 aliphatic heterocycles. The lowest BCUT2D eigenvalue weighted by Gasteiger charge is -2.28. The molecule has 1 unspecified atom stereocenters. The lowest BCUT2D eigenvalue weighted by atomic mass is 9.97. The first kappa shape index (κ1) is 17.0. The molecule has 1 N–H and O–H groups in total. The fourth-order valence-electron chi connectivity index (χ4n) is 3.65. The molecule has 0 saturated carbocycles. The Morgan fingerprint density at radius 3 is 2.54 bits per heavy atom. The Kier molecular flexibility index (Phi) is 5.19. The number of anilines is 1. The number of rotatable bonds is 3. The molecule has 1 aromatic carbocycles. The van der Waals surface area contributed by atoms with Crippen LogP contribution in [0.3, 0.4) is 0 Å². The Balaban J connectivity index is 1.66. The van der Waals surface area contributed by atoms with Gasteiger partial charge in [0.1, 0.15) is 0 Å². The molecule has 2 aliphatic rings. The minimum atomic E-state index is 0.0501. The highest BCUT2D eigenvalue weighted by Gasteiger charge is 2.25. The van der Waals surface area contributed by atoms with Crippen LogP contribution in [0.2, 0.25) is 0 Å². The predicted octanol–water partition coefficient (Wildman–Crippen LogP) is 2.51. The van der Waals surface area contributed by atoms with Crippen LogP contribution in [-0.2, 0) is 4.79 Å². The third kappa shape index (κ3) is 3.78. The predicted molar refractivity (Wildman–Crippen MR) is 95.2 cm³/mol. The van der Waals surface area contributed by atoms with Crippen molar-refractivity contribution < 1.29 is 9.59 Å². The molecular weight excluding hydrogens is 302 g/mol. The van der Waals surface area contributed by atoms with Crippen molar-refractivity contribution in [2.75, 3.05) is 38.5 Å². The smallest absolute Gasteiger partial charge is 0.253 e. The Morgan fingerprint density at radius 2 is 1.88 bits per heavy atom. The average Bonchev–Trinajstić information content (AvgIpc) is 3.10. The lowest BCUT2D eigenvalue weighted by molar-refractivity contribution is -0.121. The van der Waals surface area contributed by atoms with E-state index in [1.54, 1.807) is 0 Å². The van der Waals surface area contributed by atoms with E-state index in [1.165, 1.54) is 0 Å². The molecule has 5 nitrogen and oxygen atoms in total. The van der Waals surface area contributed by atoms with Crippen LogP contribution in [0.4, 0.5) is 5.69 Å². The largest absolute Gasteiger partial charge is 0.339 e. The van der Waals surface area contributed by atoms with Gasteiger partial charge in [-0.15, -0.1) is 0 Å². The molecule has 0 bridgehead atoms. The number of nitrogens with one attached hydrogen (secondary N) is 1. The van der Waals surface area contributed by atoms with Crippen molar-refractivity contribution in [3.05, 3.63) is 29.3 Å². The summed E-state index contributed by atoms with van der Waals surface area (Å²) in [5, 5.41) is 3.05. The van der Waals surface area contributed by atoms with Crippen LogP contribution in [0.5, 0.6) is 0 Å². The maximum Gasteiger partial charge on any atom is 0.253 e. The number of benzene rings is 1. The molecule has 0 spiro atoms. The molecule has 2 fully saturated rings. The second-order valence-corrected chi connectivity index (χ2v) is 7.12. The molecule has 2 heterocycles. The lowest BCUT2D eigenvalue weighted by Crippen LogP contribution is -2.38. The summed E-state index contributed by atoms with van der Waals surface area (Å²) < 4.78 is 0. The molecule has 5 heteroatoms. The van der Waals surface area contributed by atoms with Gasteiger partial charge >= 0.3 is 0 Å². The van der Waals surface area contributed by atoms with Crippen molar-refractivity contribution in [1.29, 1.82) is 0 Å². The van der Waals surface area contributed by atoms with Gasteiger partial charge in [-0.2, -0.15) is 0 Å². The van der Waals surface area contributed by atoms with Crippen molar-refractivity contribution >= 4 is 17.5 Å². The van der Waals surface area contributed by atoms with E-state index in [9.17, 15) is 9.59 Å². The maximum absolute atomic E-state index is 12.5. The first-order valence-electron chi connectivity index (χ1n) is 8.94. The zero-order chi connectivity index (χ0) is 17.1. The summed E-state index contributed by atoms with van der Waals surface area (Å²) in [6.07, 6.45) is 4.20. The van der Waals surface area contributed by atoms with Crippen molar-refractivity contribution in [1.82, 2.24) is 9.80 Å². The van der Waals surface area contributed by atoms with Gasteiger partial charge in [0, 0.05) is 30.9 Å². The van der Waals surface area contributed by atoms with Crippen LogP contribution in [-0.4, -0.2) is 54.8 Å². The highest BCUT2D eigenvalue weighted by molar-refractivity contribution is 5.97. The molecule has 0 radical (unpaired) electrons. The minimum absolute atomic E-state index is 0.0501. The Hall–Kier alpha value is -1.88. The number of likely N-dealkylation sites (tertiary alicyclic amines) is 2. The summed E-state index contributed by atoms with van der Waals surface area (Å²) in [6.45, 7) is 5.53. The highest BCUT2D eigenvalue weighted by Crippen LogP contribution is 2.22. The van der Waals surface area contributed by atoms with E-state index in [0.29, 0.717) is 5.56 Å². The van der Waals surface area contributed by atoms with E-state index >= 15 is 0 Å². The Morgan fingerprint density at radius 1 is 1.12 bits per heavy atom. The number of carbonyl (C=O) groups excluding carboxylic acids is 2.